The summed E-state index contributed by atoms with van der Waals surface area (Å²) in [6.45, 7) is 11.0. The Morgan fingerprint density at radius 2 is 1.97 bits per heavy atom. The van der Waals surface area contributed by atoms with E-state index in [9.17, 15) is 14.9 Å². The molecule has 0 aliphatic carbocycles. The molecule has 2 rings (SSSR count). The zero-order valence-corrected chi connectivity index (χ0v) is 18.9. The summed E-state index contributed by atoms with van der Waals surface area (Å²) in [5.41, 5.74) is 0.639. The Labute approximate surface area is 183 Å². The maximum Gasteiger partial charge on any atom is 0.407 e. The highest BCUT2D eigenvalue weighted by Crippen LogP contribution is 2.27. The molecule has 1 saturated heterocycles. The number of amides is 1. The first-order chi connectivity index (χ1) is 12.6. The highest BCUT2D eigenvalue weighted by atomic mass is 35.5. The normalized spacial score (nSPS) is 13.2. The van der Waals surface area contributed by atoms with Gasteiger partial charge in [-0.1, -0.05) is 0 Å². The standard InChI is InChI=1S/C19H26N4O4.2ClH/c1-6-26-17(24)15-7-14(8-20)16(22-12(15)2)23-10-13(11-23)9-21-18(25)27-19(3,4)5;;/h7,13H,6,9-11H2,1-5H3,(H,21,25);2*1H. The third-order valence-corrected chi connectivity index (χ3v) is 4.00. The largest absolute Gasteiger partial charge is 0.462 e. The van der Waals surface area contributed by atoms with E-state index < -0.39 is 17.7 Å². The number of carbonyl (C=O) groups excluding carboxylic acids is 2. The molecule has 1 amide bonds. The van der Waals surface area contributed by atoms with Crippen molar-refractivity contribution in [2.75, 3.05) is 31.1 Å². The van der Waals surface area contributed by atoms with E-state index in [1.54, 1.807) is 13.8 Å². The Morgan fingerprint density at radius 3 is 2.48 bits per heavy atom. The number of alkyl carbamates (subject to hydrolysis) is 1. The number of nitrogens with zero attached hydrogens (tertiary/aromatic N) is 3. The number of hydrogen-bond acceptors (Lipinski definition) is 7. The molecule has 0 aromatic carbocycles. The first-order valence-corrected chi connectivity index (χ1v) is 8.95. The minimum absolute atomic E-state index is 0. The molecule has 0 saturated carbocycles. The Bertz CT molecular complexity index is 769. The molecule has 0 spiro atoms. The van der Waals surface area contributed by atoms with Crippen LogP contribution in [0.4, 0.5) is 10.6 Å². The molecular formula is C19H28Cl2N4O4. The van der Waals surface area contributed by atoms with Gasteiger partial charge in [0.2, 0.25) is 0 Å². The summed E-state index contributed by atoms with van der Waals surface area (Å²) in [5.74, 6) is 0.320. The SMILES string of the molecule is CCOC(=O)c1cc(C#N)c(N2CC(CNC(=O)OC(C)(C)C)C2)nc1C.Cl.Cl. The van der Waals surface area contributed by atoms with E-state index in [-0.39, 0.29) is 37.3 Å². The average Bonchev–Trinajstić information content (AvgIpc) is 2.52. The molecule has 162 valence electrons. The van der Waals surface area contributed by atoms with Gasteiger partial charge in [-0.3, -0.25) is 0 Å². The maximum atomic E-state index is 12.0. The molecule has 0 radical (unpaired) electrons. The monoisotopic (exact) mass is 446 g/mol. The van der Waals surface area contributed by atoms with Crippen LogP contribution in [0.15, 0.2) is 6.07 Å². The first-order valence-electron chi connectivity index (χ1n) is 8.95. The summed E-state index contributed by atoms with van der Waals surface area (Å²) < 4.78 is 10.2. The summed E-state index contributed by atoms with van der Waals surface area (Å²) >= 11 is 0. The van der Waals surface area contributed by atoms with Crippen LogP contribution >= 0.6 is 24.8 Å². The van der Waals surface area contributed by atoms with Crippen molar-refractivity contribution >= 4 is 42.7 Å². The highest BCUT2D eigenvalue weighted by molar-refractivity contribution is 5.91. The molecule has 1 N–H and O–H groups in total. The molecule has 0 bridgehead atoms. The Balaban J connectivity index is 0.00000392. The van der Waals surface area contributed by atoms with E-state index in [4.69, 9.17) is 9.47 Å². The van der Waals surface area contributed by atoms with Gasteiger partial charge >= 0.3 is 12.1 Å². The Morgan fingerprint density at radius 1 is 1.34 bits per heavy atom. The second kappa shape index (κ2) is 11.1. The molecular weight excluding hydrogens is 419 g/mol. The molecule has 1 aromatic heterocycles. The van der Waals surface area contributed by atoms with E-state index in [0.29, 0.717) is 42.3 Å². The lowest BCUT2D eigenvalue weighted by molar-refractivity contribution is 0.0510. The van der Waals surface area contributed by atoms with Crippen molar-refractivity contribution in [1.29, 1.82) is 5.26 Å². The number of hydrogen-bond donors (Lipinski definition) is 1. The summed E-state index contributed by atoms with van der Waals surface area (Å²) in [6.07, 6.45) is -0.438. The number of esters is 1. The lowest BCUT2D eigenvalue weighted by Gasteiger charge is -2.40. The maximum absolute atomic E-state index is 12.0. The number of pyridine rings is 1. The van der Waals surface area contributed by atoms with Crippen molar-refractivity contribution in [3.63, 3.8) is 0 Å². The zero-order chi connectivity index (χ0) is 20.2. The number of halogens is 2. The minimum Gasteiger partial charge on any atom is -0.462 e. The average molecular weight is 447 g/mol. The number of rotatable bonds is 5. The van der Waals surface area contributed by atoms with Gasteiger partial charge in [0, 0.05) is 25.6 Å². The van der Waals surface area contributed by atoms with Gasteiger partial charge in [-0.2, -0.15) is 5.26 Å². The Kier molecular flexibility index (Phi) is 10.2. The third-order valence-electron chi connectivity index (χ3n) is 4.00. The molecule has 2 heterocycles. The van der Waals surface area contributed by atoms with Gasteiger partial charge < -0.3 is 19.7 Å². The van der Waals surface area contributed by atoms with Crippen LogP contribution < -0.4 is 10.2 Å². The predicted octanol–water partition coefficient (Wildman–Crippen LogP) is 3.24. The zero-order valence-electron chi connectivity index (χ0n) is 17.3. The van der Waals surface area contributed by atoms with Crippen LogP contribution in [0.5, 0.6) is 0 Å². The van der Waals surface area contributed by atoms with Crippen LogP contribution in [0.3, 0.4) is 0 Å². The van der Waals surface area contributed by atoms with Gasteiger partial charge in [-0.15, -0.1) is 24.8 Å². The lowest BCUT2D eigenvalue weighted by atomic mass is 9.99. The van der Waals surface area contributed by atoms with Crippen molar-refractivity contribution < 1.29 is 19.1 Å². The molecule has 1 aliphatic heterocycles. The van der Waals surface area contributed by atoms with Gasteiger partial charge in [0.1, 0.15) is 17.5 Å². The smallest absolute Gasteiger partial charge is 0.407 e. The molecule has 1 aliphatic rings. The van der Waals surface area contributed by atoms with E-state index in [1.807, 2.05) is 25.7 Å². The van der Waals surface area contributed by atoms with Crippen molar-refractivity contribution in [3.8, 4) is 6.07 Å². The number of ether oxygens (including phenoxy) is 2. The van der Waals surface area contributed by atoms with Gasteiger partial charge in [0.15, 0.2) is 0 Å². The number of nitrogens with one attached hydrogen (secondary N) is 1. The quantitative estimate of drug-likeness (QED) is 0.691. The lowest BCUT2D eigenvalue weighted by Crippen LogP contribution is -2.52. The Hall–Kier alpha value is -2.24. The molecule has 29 heavy (non-hydrogen) atoms. The van der Waals surface area contributed by atoms with Crippen LogP contribution in [0, 0.1) is 24.2 Å². The van der Waals surface area contributed by atoms with Gasteiger partial charge in [-0.25, -0.2) is 14.6 Å². The summed E-state index contributed by atoms with van der Waals surface area (Å²) in [7, 11) is 0. The summed E-state index contributed by atoms with van der Waals surface area (Å²) in [6, 6.07) is 3.63. The molecule has 8 nitrogen and oxygen atoms in total. The summed E-state index contributed by atoms with van der Waals surface area (Å²) in [4.78, 5) is 30.1. The number of aryl methyl sites for hydroxylation is 1. The van der Waals surface area contributed by atoms with E-state index in [1.165, 1.54) is 6.07 Å². The fraction of sp³-hybridized carbons (Fsp3) is 0.579. The van der Waals surface area contributed by atoms with Crippen molar-refractivity contribution in [2.24, 2.45) is 5.92 Å². The molecule has 0 atom stereocenters. The van der Waals surface area contributed by atoms with Gasteiger partial charge in [-0.05, 0) is 40.7 Å². The second-order valence-corrected chi connectivity index (χ2v) is 7.48. The van der Waals surface area contributed by atoms with Crippen LogP contribution in [-0.2, 0) is 9.47 Å². The van der Waals surface area contributed by atoms with Gasteiger partial charge in [0.05, 0.1) is 23.4 Å². The minimum atomic E-state index is -0.528. The fourth-order valence-corrected chi connectivity index (χ4v) is 2.75. The van der Waals surface area contributed by atoms with Crippen LogP contribution in [0.2, 0.25) is 0 Å². The fourth-order valence-electron chi connectivity index (χ4n) is 2.75. The van der Waals surface area contributed by atoms with E-state index >= 15 is 0 Å². The number of anilines is 1. The van der Waals surface area contributed by atoms with E-state index in [0.717, 1.165) is 0 Å². The first kappa shape index (κ1) is 26.8. The van der Waals surface area contributed by atoms with Crippen molar-refractivity contribution in [1.82, 2.24) is 10.3 Å². The number of aromatic nitrogens is 1. The predicted molar refractivity (Wildman–Crippen MR) is 114 cm³/mol. The van der Waals surface area contributed by atoms with Gasteiger partial charge in [0.25, 0.3) is 0 Å². The van der Waals surface area contributed by atoms with Crippen LogP contribution in [0.1, 0.15) is 49.3 Å². The molecule has 1 aromatic rings. The third kappa shape index (κ3) is 7.26. The molecule has 10 heteroatoms. The number of nitriles is 1. The van der Waals surface area contributed by atoms with Crippen molar-refractivity contribution in [3.05, 3.63) is 22.9 Å². The topological polar surface area (TPSA) is 105 Å². The van der Waals surface area contributed by atoms with Crippen LogP contribution in [0.25, 0.3) is 0 Å². The second-order valence-electron chi connectivity index (χ2n) is 7.48. The van der Waals surface area contributed by atoms with E-state index in [2.05, 4.69) is 16.4 Å². The number of carbonyl (C=O) groups is 2. The van der Waals surface area contributed by atoms with Crippen molar-refractivity contribution in [2.45, 2.75) is 40.2 Å². The highest BCUT2D eigenvalue weighted by Gasteiger charge is 2.31. The molecule has 0 unspecified atom stereocenters. The molecule has 1 fully saturated rings. The van der Waals surface area contributed by atoms with Crippen LogP contribution in [-0.4, -0.2) is 48.9 Å². The summed E-state index contributed by atoms with van der Waals surface area (Å²) in [5, 5.41) is 12.2.